The Hall–Kier alpha value is -1.82. The van der Waals surface area contributed by atoms with Crippen molar-refractivity contribution in [1.29, 1.82) is 0 Å². The second kappa shape index (κ2) is 5.01. The van der Waals surface area contributed by atoms with Crippen molar-refractivity contribution in [3.8, 4) is 0 Å². The Morgan fingerprint density at radius 2 is 2.29 bits per heavy atom. The standard InChI is InChI=1S/C11H14FN5/c1-2-10(13)11-7-17(16-15-11)6-8-3-9(12)5-14-4-8/h3-5,7,10H,2,6,13H2,1H3. The van der Waals surface area contributed by atoms with Crippen LogP contribution in [0.4, 0.5) is 4.39 Å². The van der Waals surface area contributed by atoms with Crippen LogP contribution >= 0.6 is 0 Å². The fraction of sp³-hybridized carbons (Fsp3) is 0.364. The van der Waals surface area contributed by atoms with Crippen molar-refractivity contribution in [2.75, 3.05) is 0 Å². The van der Waals surface area contributed by atoms with Crippen LogP contribution in [-0.2, 0) is 6.54 Å². The molecule has 0 radical (unpaired) electrons. The van der Waals surface area contributed by atoms with Gasteiger partial charge in [-0.3, -0.25) is 4.98 Å². The van der Waals surface area contributed by atoms with Gasteiger partial charge in [-0.25, -0.2) is 9.07 Å². The van der Waals surface area contributed by atoms with Crippen molar-refractivity contribution in [1.82, 2.24) is 20.0 Å². The monoisotopic (exact) mass is 235 g/mol. The van der Waals surface area contributed by atoms with Crippen LogP contribution in [0.25, 0.3) is 0 Å². The number of nitrogens with two attached hydrogens (primary N) is 1. The van der Waals surface area contributed by atoms with Crippen LogP contribution in [0.5, 0.6) is 0 Å². The first kappa shape index (κ1) is 11.7. The summed E-state index contributed by atoms with van der Waals surface area (Å²) in [5.74, 6) is -0.354. The lowest BCUT2D eigenvalue weighted by Gasteiger charge is -2.02. The van der Waals surface area contributed by atoms with Crippen molar-refractivity contribution in [2.24, 2.45) is 5.73 Å². The molecule has 2 aromatic heterocycles. The molecule has 0 amide bonds. The molecule has 0 aliphatic heterocycles. The van der Waals surface area contributed by atoms with E-state index in [0.29, 0.717) is 6.54 Å². The fourth-order valence-electron chi connectivity index (χ4n) is 1.50. The maximum atomic E-state index is 12.9. The molecule has 6 heteroatoms. The summed E-state index contributed by atoms with van der Waals surface area (Å²) in [6, 6.07) is 1.32. The number of rotatable bonds is 4. The lowest BCUT2D eigenvalue weighted by molar-refractivity contribution is 0.606. The summed E-state index contributed by atoms with van der Waals surface area (Å²) in [5, 5.41) is 7.93. The van der Waals surface area contributed by atoms with Gasteiger partial charge in [-0.05, 0) is 18.1 Å². The van der Waals surface area contributed by atoms with Crippen LogP contribution in [-0.4, -0.2) is 20.0 Å². The zero-order valence-electron chi connectivity index (χ0n) is 9.55. The van der Waals surface area contributed by atoms with Crippen LogP contribution in [0.2, 0.25) is 0 Å². The smallest absolute Gasteiger partial charge is 0.141 e. The predicted octanol–water partition coefficient (Wildman–Crippen LogP) is 1.27. The van der Waals surface area contributed by atoms with Gasteiger partial charge in [-0.1, -0.05) is 12.1 Å². The Balaban J connectivity index is 2.11. The summed E-state index contributed by atoms with van der Waals surface area (Å²) in [6.45, 7) is 2.42. The molecule has 1 unspecified atom stereocenters. The molecule has 1 atom stereocenters. The lowest BCUT2D eigenvalue weighted by Crippen LogP contribution is -2.08. The van der Waals surface area contributed by atoms with Gasteiger partial charge in [-0.2, -0.15) is 0 Å². The van der Waals surface area contributed by atoms with Crippen LogP contribution in [0, 0.1) is 5.82 Å². The topological polar surface area (TPSA) is 69.6 Å². The highest BCUT2D eigenvalue weighted by Crippen LogP contribution is 2.10. The van der Waals surface area contributed by atoms with Gasteiger partial charge < -0.3 is 5.73 Å². The average molecular weight is 235 g/mol. The first-order chi connectivity index (χ1) is 8.19. The third-order valence-corrected chi connectivity index (χ3v) is 2.48. The normalized spacial score (nSPS) is 12.6. The Bertz CT molecular complexity index is 496. The Kier molecular flexibility index (Phi) is 3.43. The molecule has 0 aliphatic carbocycles. The van der Waals surface area contributed by atoms with E-state index in [9.17, 15) is 4.39 Å². The molecule has 2 heterocycles. The second-order valence-corrected chi connectivity index (χ2v) is 3.87. The van der Waals surface area contributed by atoms with Crippen molar-refractivity contribution in [3.05, 3.63) is 41.7 Å². The third kappa shape index (κ3) is 2.85. The quantitative estimate of drug-likeness (QED) is 0.866. The molecule has 2 N–H and O–H groups in total. The molecule has 5 nitrogen and oxygen atoms in total. The summed E-state index contributed by atoms with van der Waals surface area (Å²) in [7, 11) is 0. The molecule has 2 rings (SSSR count). The van der Waals surface area contributed by atoms with Gasteiger partial charge in [0.2, 0.25) is 0 Å². The summed E-state index contributed by atoms with van der Waals surface area (Å²) >= 11 is 0. The van der Waals surface area contributed by atoms with E-state index in [1.165, 1.54) is 12.3 Å². The molecule has 0 aliphatic rings. The maximum absolute atomic E-state index is 12.9. The van der Waals surface area contributed by atoms with E-state index < -0.39 is 0 Å². The first-order valence-corrected chi connectivity index (χ1v) is 5.44. The van der Waals surface area contributed by atoms with Gasteiger partial charge in [-0.15, -0.1) is 5.10 Å². The molecule has 90 valence electrons. The van der Waals surface area contributed by atoms with E-state index >= 15 is 0 Å². The number of halogens is 1. The first-order valence-electron chi connectivity index (χ1n) is 5.44. The lowest BCUT2D eigenvalue weighted by atomic mass is 10.2. The Labute approximate surface area is 98.5 Å². The fourth-order valence-corrected chi connectivity index (χ4v) is 1.50. The minimum absolute atomic E-state index is 0.102. The molecule has 0 spiro atoms. The predicted molar refractivity (Wildman–Crippen MR) is 60.5 cm³/mol. The van der Waals surface area contributed by atoms with Crippen LogP contribution < -0.4 is 5.73 Å². The second-order valence-electron chi connectivity index (χ2n) is 3.87. The number of pyridine rings is 1. The Morgan fingerprint density at radius 3 is 3.00 bits per heavy atom. The zero-order valence-corrected chi connectivity index (χ0v) is 9.55. The van der Waals surface area contributed by atoms with E-state index in [2.05, 4.69) is 15.3 Å². The SMILES string of the molecule is CCC(N)c1cn(Cc2cncc(F)c2)nn1. The molecule has 0 saturated heterocycles. The molecule has 0 bridgehead atoms. The van der Waals surface area contributed by atoms with Gasteiger partial charge in [0.1, 0.15) is 5.82 Å². The largest absolute Gasteiger partial charge is 0.323 e. The summed E-state index contributed by atoms with van der Waals surface area (Å²) in [5.41, 5.74) is 7.33. The van der Waals surface area contributed by atoms with Crippen molar-refractivity contribution < 1.29 is 4.39 Å². The van der Waals surface area contributed by atoms with Gasteiger partial charge >= 0.3 is 0 Å². The molecule has 0 fully saturated rings. The summed E-state index contributed by atoms with van der Waals surface area (Å²) in [6.07, 6.45) is 5.35. The van der Waals surface area contributed by atoms with Crippen LogP contribution in [0.1, 0.15) is 30.6 Å². The highest BCUT2D eigenvalue weighted by atomic mass is 19.1. The number of hydrogen-bond donors (Lipinski definition) is 1. The summed E-state index contributed by atoms with van der Waals surface area (Å²) in [4.78, 5) is 3.78. The average Bonchev–Trinajstić information content (AvgIpc) is 2.76. The van der Waals surface area contributed by atoms with Gasteiger partial charge in [0.05, 0.1) is 30.7 Å². The van der Waals surface area contributed by atoms with Gasteiger partial charge in [0.15, 0.2) is 0 Å². The minimum atomic E-state index is -0.354. The number of nitrogens with zero attached hydrogens (tertiary/aromatic N) is 4. The van der Waals surface area contributed by atoms with E-state index in [1.807, 2.05) is 6.92 Å². The Morgan fingerprint density at radius 1 is 1.47 bits per heavy atom. The minimum Gasteiger partial charge on any atom is -0.323 e. The highest BCUT2D eigenvalue weighted by molar-refractivity contribution is 5.11. The van der Waals surface area contributed by atoms with Crippen molar-refractivity contribution in [2.45, 2.75) is 25.9 Å². The molecular formula is C11H14FN5. The molecule has 0 saturated carbocycles. The van der Waals surface area contributed by atoms with Crippen molar-refractivity contribution >= 4 is 0 Å². The molecule has 17 heavy (non-hydrogen) atoms. The van der Waals surface area contributed by atoms with Crippen LogP contribution in [0.15, 0.2) is 24.7 Å². The zero-order chi connectivity index (χ0) is 12.3. The highest BCUT2D eigenvalue weighted by Gasteiger charge is 2.08. The number of hydrogen-bond acceptors (Lipinski definition) is 4. The van der Waals surface area contributed by atoms with Crippen LogP contribution in [0.3, 0.4) is 0 Å². The summed E-state index contributed by atoms with van der Waals surface area (Å²) < 4.78 is 14.6. The van der Waals surface area contributed by atoms with Crippen molar-refractivity contribution in [3.63, 3.8) is 0 Å². The van der Waals surface area contributed by atoms with E-state index in [1.54, 1.807) is 17.1 Å². The maximum Gasteiger partial charge on any atom is 0.141 e. The third-order valence-electron chi connectivity index (χ3n) is 2.48. The van der Waals surface area contributed by atoms with E-state index in [-0.39, 0.29) is 11.9 Å². The molecule has 2 aromatic rings. The molecule has 0 aromatic carbocycles. The van der Waals surface area contributed by atoms with Gasteiger partial charge in [0, 0.05) is 6.20 Å². The van der Waals surface area contributed by atoms with E-state index in [4.69, 9.17) is 5.73 Å². The van der Waals surface area contributed by atoms with E-state index in [0.717, 1.165) is 17.7 Å². The number of aromatic nitrogens is 4. The van der Waals surface area contributed by atoms with Gasteiger partial charge in [0.25, 0.3) is 0 Å². The molecular weight excluding hydrogens is 221 g/mol.